The predicted molar refractivity (Wildman–Crippen MR) is 121 cm³/mol. The third-order valence-corrected chi connectivity index (χ3v) is 5.97. The summed E-state index contributed by atoms with van der Waals surface area (Å²) < 4.78 is 38.1. The Morgan fingerprint density at radius 2 is 1.58 bits per heavy atom. The molecule has 162 valence electrons. The minimum atomic E-state index is -3.87. The normalized spacial score (nSPS) is 10.9. The minimum absolute atomic E-state index is 0.0497. The number of hydrogen-bond donors (Lipinski definition) is 2. The molecule has 7 nitrogen and oxygen atoms in total. The van der Waals surface area contributed by atoms with Gasteiger partial charge in [0.05, 0.1) is 17.0 Å². The number of carbonyl (C=O) groups is 1. The number of sulfonamides is 1. The highest BCUT2D eigenvalue weighted by Crippen LogP contribution is 2.28. The minimum Gasteiger partial charge on any atom is -0.497 e. The van der Waals surface area contributed by atoms with E-state index in [2.05, 4.69) is 10.0 Å². The first-order valence-corrected chi connectivity index (χ1v) is 11.2. The lowest BCUT2D eigenvalue weighted by Crippen LogP contribution is -2.20. The summed E-state index contributed by atoms with van der Waals surface area (Å²) in [6.45, 7) is -0.307. The van der Waals surface area contributed by atoms with Crippen LogP contribution in [0.3, 0.4) is 0 Å². The van der Waals surface area contributed by atoms with Crippen LogP contribution in [-0.4, -0.2) is 28.0 Å². The number of amides is 1. The van der Waals surface area contributed by atoms with Crippen molar-refractivity contribution in [3.63, 3.8) is 0 Å². The van der Waals surface area contributed by atoms with Gasteiger partial charge in [0.1, 0.15) is 11.5 Å². The van der Waals surface area contributed by atoms with E-state index in [0.29, 0.717) is 22.1 Å². The summed E-state index contributed by atoms with van der Waals surface area (Å²) in [6.07, 6.45) is 0. The molecule has 0 aliphatic rings. The number of ether oxygens (including phenoxy) is 2. The van der Waals surface area contributed by atoms with Gasteiger partial charge in [-0.25, -0.2) is 8.42 Å². The summed E-state index contributed by atoms with van der Waals surface area (Å²) in [5.74, 6) is 0.375. The van der Waals surface area contributed by atoms with Crippen LogP contribution in [0.25, 0.3) is 0 Å². The Bertz CT molecular complexity index is 1170. The molecule has 3 rings (SSSR count). The van der Waals surface area contributed by atoms with Gasteiger partial charge in [-0.05, 0) is 66.7 Å². The molecule has 0 fully saturated rings. The Labute approximate surface area is 189 Å². The first-order chi connectivity index (χ1) is 14.8. The van der Waals surface area contributed by atoms with Crippen molar-refractivity contribution in [2.75, 3.05) is 23.8 Å². The number of nitrogens with one attached hydrogen (secondary N) is 2. The van der Waals surface area contributed by atoms with Gasteiger partial charge in [0.2, 0.25) is 0 Å². The van der Waals surface area contributed by atoms with Gasteiger partial charge in [0, 0.05) is 16.4 Å². The maximum absolute atomic E-state index is 12.6. The smallest absolute Gasteiger partial charge is 0.262 e. The van der Waals surface area contributed by atoms with Crippen molar-refractivity contribution in [1.29, 1.82) is 0 Å². The molecule has 1 amide bonds. The summed E-state index contributed by atoms with van der Waals surface area (Å²) in [6, 6.07) is 17.0. The molecule has 0 unspecified atom stereocenters. The summed E-state index contributed by atoms with van der Waals surface area (Å²) in [5, 5.41) is 3.26. The van der Waals surface area contributed by atoms with Crippen molar-refractivity contribution < 1.29 is 22.7 Å². The maximum atomic E-state index is 12.6. The molecule has 0 heterocycles. The number of anilines is 2. The summed E-state index contributed by atoms with van der Waals surface area (Å²) in [4.78, 5) is 12.0. The lowest BCUT2D eigenvalue weighted by atomic mass is 10.3. The average Bonchev–Trinajstić information content (AvgIpc) is 2.75. The Kier molecular flexibility index (Phi) is 7.27. The van der Waals surface area contributed by atoms with Crippen LogP contribution < -0.4 is 19.5 Å². The van der Waals surface area contributed by atoms with Crippen LogP contribution in [0.4, 0.5) is 11.4 Å². The lowest BCUT2D eigenvalue weighted by molar-refractivity contribution is -0.118. The van der Waals surface area contributed by atoms with Crippen LogP contribution in [0.1, 0.15) is 0 Å². The lowest BCUT2D eigenvalue weighted by Gasteiger charge is -2.12. The zero-order valence-corrected chi connectivity index (χ0v) is 18.6. The number of hydrogen-bond acceptors (Lipinski definition) is 5. The molecule has 0 spiro atoms. The van der Waals surface area contributed by atoms with E-state index in [1.54, 1.807) is 48.5 Å². The van der Waals surface area contributed by atoms with Gasteiger partial charge in [-0.15, -0.1) is 0 Å². The van der Waals surface area contributed by atoms with Gasteiger partial charge < -0.3 is 14.8 Å². The molecule has 0 atom stereocenters. The Morgan fingerprint density at radius 1 is 0.935 bits per heavy atom. The van der Waals surface area contributed by atoms with E-state index in [9.17, 15) is 13.2 Å². The van der Waals surface area contributed by atoms with Crippen LogP contribution in [0, 0.1) is 0 Å². The molecular formula is C21H18Cl2N2O5S. The predicted octanol–water partition coefficient (Wildman–Crippen LogP) is 4.82. The first-order valence-electron chi connectivity index (χ1n) is 8.91. The quantitative estimate of drug-likeness (QED) is 0.481. The van der Waals surface area contributed by atoms with Crippen molar-refractivity contribution in [3.8, 4) is 11.5 Å². The zero-order valence-electron chi connectivity index (χ0n) is 16.3. The molecule has 31 heavy (non-hydrogen) atoms. The van der Waals surface area contributed by atoms with E-state index in [0.717, 1.165) is 0 Å². The molecule has 0 saturated heterocycles. The molecule has 0 saturated carbocycles. The second-order valence-electron chi connectivity index (χ2n) is 6.27. The highest BCUT2D eigenvalue weighted by Gasteiger charge is 2.17. The van der Waals surface area contributed by atoms with Gasteiger partial charge in [0.15, 0.2) is 6.61 Å². The van der Waals surface area contributed by atoms with Crippen LogP contribution in [0.5, 0.6) is 11.5 Å². The summed E-state index contributed by atoms with van der Waals surface area (Å²) >= 11 is 12.0. The molecule has 0 aliphatic carbocycles. The largest absolute Gasteiger partial charge is 0.497 e. The fourth-order valence-corrected chi connectivity index (χ4v) is 4.02. The maximum Gasteiger partial charge on any atom is 0.262 e. The van der Waals surface area contributed by atoms with E-state index in [1.165, 1.54) is 25.3 Å². The molecule has 2 N–H and O–H groups in total. The number of halogens is 2. The summed E-state index contributed by atoms with van der Waals surface area (Å²) in [5.41, 5.74) is 0.936. The van der Waals surface area contributed by atoms with Gasteiger partial charge in [-0.3, -0.25) is 9.52 Å². The first kappa shape index (κ1) is 22.7. The van der Waals surface area contributed by atoms with Crippen molar-refractivity contribution >= 4 is 50.5 Å². The molecule has 0 aromatic heterocycles. The van der Waals surface area contributed by atoms with E-state index < -0.39 is 15.9 Å². The molecule has 3 aromatic carbocycles. The number of carbonyl (C=O) groups excluding carboxylic acids is 1. The Hall–Kier alpha value is -2.94. The SMILES string of the molecule is COc1ccc(NS(=O)(=O)c2ccc(OCC(=O)Nc3ccc(Cl)cc3)c(Cl)c2)cc1. The Morgan fingerprint density at radius 3 is 2.19 bits per heavy atom. The molecule has 0 radical (unpaired) electrons. The topological polar surface area (TPSA) is 93.7 Å². The standard InChI is InChI=1S/C21H18Cl2N2O5S/c1-29-17-8-6-16(7-9-17)25-31(27,28)18-10-11-20(19(23)12-18)30-13-21(26)24-15-4-2-14(22)3-5-15/h2-12,25H,13H2,1H3,(H,24,26). The fourth-order valence-electron chi connectivity index (χ4n) is 2.51. The highest BCUT2D eigenvalue weighted by atomic mass is 35.5. The molecule has 0 bridgehead atoms. The monoisotopic (exact) mass is 480 g/mol. The van der Waals surface area contributed by atoms with E-state index in [4.69, 9.17) is 32.7 Å². The van der Waals surface area contributed by atoms with Crippen molar-refractivity contribution in [2.24, 2.45) is 0 Å². The van der Waals surface area contributed by atoms with Crippen molar-refractivity contribution in [3.05, 3.63) is 76.8 Å². The zero-order chi connectivity index (χ0) is 22.4. The van der Waals surface area contributed by atoms with E-state index in [1.807, 2.05) is 0 Å². The average molecular weight is 481 g/mol. The van der Waals surface area contributed by atoms with Gasteiger partial charge in [-0.1, -0.05) is 23.2 Å². The molecular weight excluding hydrogens is 463 g/mol. The van der Waals surface area contributed by atoms with E-state index >= 15 is 0 Å². The van der Waals surface area contributed by atoms with Crippen LogP contribution in [-0.2, 0) is 14.8 Å². The van der Waals surface area contributed by atoms with Crippen LogP contribution in [0.15, 0.2) is 71.6 Å². The summed E-state index contributed by atoms with van der Waals surface area (Å²) in [7, 11) is -2.35. The number of methoxy groups -OCH3 is 1. The third-order valence-electron chi connectivity index (χ3n) is 4.04. The van der Waals surface area contributed by atoms with Gasteiger partial charge in [-0.2, -0.15) is 0 Å². The molecule has 3 aromatic rings. The fraction of sp³-hybridized carbons (Fsp3) is 0.0952. The van der Waals surface area contributed by atoms with Gasteiger partial charge in [0.25, 0.3) is 15.9 Å². The van der Waals surface area contributed by atoms with Crippen molar-refractivity contribution in [1.82, 2.24) is 0 Å². The third kappa shape index (κ3) is 6.27. The van der Waals surface area contributed by atoms with E-state index in [-0.39, 0.29) is 22.3 Å². The molecule has 10 heteroatoms. The second-order valence-corrected chi connectivity index (χ2v) is 8.80. The molecule has 0 aliphatic heterocycles. The second kappa shape index (κ2) is 9.91. The highest BCUT2D eigenvalue weighted by molar-refractivity contribution is 7.92. The number of rotatable bonds is 8. The van der Waals surface area contributed by atoms with Gasteiger partial charge >= 0.3 is 0 Å². The van der Waals surface area contributed by atoms with Crippen LogP contribution >= 0.6 is 23.2 Å². The number of benzene rings is 3. The van der Waals surface area contributed by atoms with Crippen LogP contribution in [0.2, 0.25) is 10.0 Å². The van der Waals surface area contributed by atoms with Crippen molar-refractivity contribution in [2.45, 2.75) is 4.90 Å². The Balaban J connectivity index is 1.63.